The number of carboxylic acids is 2. The van der Waals surface area contributed by atoms with Crippen LogP contribution in [0.2, 0.25) is 0 Å². The Balaban J connectivity index is 1.58. The molecule has 3 amide bonds. The maximum Gasteiger partial charge on any atom is 0.326 e. The fourth-order valence-corrected chi connectivity index (χ4v) is 4.86. The van der Waals surface area contributed by atoms with Crippen LogP contribution < -0.4 is 21.7 Å². The molecule has 0 saturated carbocycles. The number of para-hydroxylation sites is 1. The van der Waals surface area contributed by atoms with E-state index < -0.39 is 60.2 Å². The first kappa shape index (κ1) is 32.4. The summed E-state index contributed by atoms with van der Waals surface area (Å²) in [4.78, 5) is 73.2. The average molecular weight is 618 g/mol. The molecule has 0 fully saturated rings. The monoisotopic (exact) mass is 617 g/mol. The van der Waals surface area contributed by atoms with Gasteiger partial charge in [-0.2, -0.15) is 0 Å². The quantitative estimate of drug-likeness (QED) is 0.0880. The lowest BCUT2D eigenvalue weighted by atomic mass is 10.0. The van der Waals surface area contributed by atoms with Crippen LogP contribution in [0.25, 0.3) is 10.9 Å². The molecule has 2 aromatic heterocycles. The molecule has 4 aromatic rings. The largest absolute Gasteiger partial charge is 0.481 e. The number of aromatic nitrogens is 3. The van der Waals surface area contributed by atoms with Gasteiger partial charge in [-0.05, 0) is 23.6 Å². The van der Waals surface area contributed by atoms with Gasteiger partial charge in [0.25, 0.3) is 0 Å². The Morgan fingerprint density at radius 1 is 0.778 bits per heavy atom. The zero-order valence-corrected chi connectivity index (χ0v) is 24.2. The molecular weight excluding hydrogens is 582 g/mol. The van der Waals surface area contributed by atoms with E-state index in [0.29, 0.717) is 11.3 Å². The van der Waals surface area contributed by atoms with Crippen LogP contribution in [0.1, 0.15) is 29.7 Å². The highest BCUT2D eigenvalue weighted by Crippen LogP contribution is 2.19. The van der Waals surface area contributed by atoms with Gasteiger partial charge in [0.15, 0.2) is 0 Å². The van der Waals surface area contributed by atoms with Gasteiger partial charge in [0.05, 0.1) is 12.4 Å². The fourth-order valence-electron chi connectivity index (χ4n) is 4.86. The molecular formula is C31H35N7O7. The highest BCUT2D eigenvalue weighted by atomic mass is 16.4. The fraction of sp³-hybridized carbons (Fsp3) is 0.290. The number of hydrogen-bond acceptors (Lipinski definition) is 7. The summed E-state index contributed by atoms with van der Waals surface area (Å²) in [6.45, 7) is 0. The molecule has 4 atom stereocenters. The summed E-state index contributed by atoms with van der Waals surface area (Å²) >= 11 is 0. The number of fused-ring (bicyclic) bond motifs is 1. The van der Waals surface area contributed by atoms with Gasteiger partial charge < -0.3 is 41.9 Å². The number of carbonyl (C=O) groups excluding carboxylic acids is 3. The SMILES string of the molecule is NC(Cc1cnc[nH]1)C(=O)NC(Cc1ccccc1)C(=O)NC(Cc1c[nH]c2ccccc12)C(=O)NC(CCC(=O)O)C(=O)O. The van der Waals surface area contributed by atoms with E-state index >= 15 is 0 Å². The van der Waals surface area contributed by atoms with Crippen molar-refractivity contribution in [2.45, 2.75) is 56.3 Å². The molecule has 2 aromatic carbocycles. The Bertz CT molecular complexity index is 1620. The van der Waals surface area contributed by atoms with E-state index in [2.05, 4.69) is 30.9 Å². The second kappa shape index (κ2) is 15.3. The standard InChI is InChI=1S/C31H35N7O7/c32-22(14-20-16-33-17-35-20)28(41)37-25(12-18-6-2-1-3-7-18)29(42)38-26(13-19-15-34-23-9-5-4-8-21(19)23)30(43)36-24(31(44)45)10-11-27(39)40/h1-9,15-17,22,24-26,34H,10-14,32H2,(H,33,35)(H,36,43)(H,37,41)(H,38,42)(H,39,40)(H,44,45). The van der Waals surface area contributed by atoms with Crippen LogP contribution >= 0.6 is 0 Å². The minimum atomic E-state index is -1.50. The molecule has 2 heterocycles. The van der Waals surface area contributed by atoms with Gasteiger partial charge in [0, 0.05) is 54.7 Å². The van der Waals surface area contributed by atoms with Crippen molar-refractivity contribution < 1.29 is 34.2 Å². The lowest BCUT2D eigenvalue weighted by Crippen LogP contribution is -2.58. The summed E-state index contributed by atoms with van der Waals surface area (Å²) < 4.78 is 0. The Labute approximate surface area is 257 Å². The number of nitrogens with zero attached hydrogens (tertiary/aromatic N) is 1. The smallest absolute Gasteiger partial charge is 0.326 e. The highest BCUT2D eigenvalue weighted by molar-refractivity contribution is 5.95. The summed E-state index contributed by atoms with van der Waals surface area (Å²) in [5.41, 5.74) is 8.95. The molecule has 14 heteroatoms. The number of nitrogens with one attached hydrogen (secondary N) is 5. The minimum absolute atomic E-state index is 0.0296. The Kier molecular flexibility index (Phi) is 11.0. The number of amides is 3. The van der Waals surface area contributed by atoms with Crippen LogP contribution in [0.15, 0.2) is 73.3 Å². The van der Waals surface area contributed by atoms with Crippen LogP contribution in [0.4, 0.5) is 0 Å². The summed E-state index contributed by atoms with van der Waals surface area (Å²) in [6.07, 6.45) is 4.03. The molecule has 0 saturated heterocycles. The first-order chi connectivity index (χ1) is 21.6. The van der Waals surface area contributed by atoms with Gasteiger partial charge in [0.2, 0.25) is 17.7 Å². The third-order valence-electron chi connectivity index (χ3n) is 7.24. The van der Waals surface area contributed by atoms with Crippen molar-refractivity contribution in [1.82, 2.24) is 30.9 Å². The molecule has 0 spiro atoms. The van der Waals surface area contributed by atoms with Crippen molar-refractivity contribution in [3.8, 4) is 0 Å². The van der Waals surface area contributed by atoms with Crippen molar-refractivity contribution in [2.75, 3.05) is 0 Å². The van der Waals surface area contributed by atoms with Crippen molar-refractivity contribution in [2.24, 2.45) is 5.73 Å². The highest BCUT2D eigenvalue weighted by Gasteiger charge is 2.31. The van der Waals surface area contributed by atoms with E-state index in [1.54, 1.807) is 30.5 Å². The van der Waals surface area contributed by atoms with Crippen LogP contribution in [-0.4, -0.2) is 79.0 Å². The molecule has 0 aliphatic rings. The number of imidazole rings is 1. The minimum Gasteiger partial charge on any atom is -0.481 e. The van der Waals surface area contributed by atoms with E-state index in [1.807, 2.05) is 30.3 Å². The number of carbonyl (C=O) groups is 5. The third kappa shape index (κ3) is 9.24. The molecule has 0 aliphatic carbocycles. The van der Waals surface area contributed by atoms with Crippen molar-refractivity contribution >= 4 is 40.6 Å². The first-order valence-electron chi connectivity index (χ1n) is 14.3. The Hall–Kier alpha value is -5.50. The molecule has 4 unspecified atom stereocenters. The van der Waals surface area contributed by atoms with Gasteiger partial charge in [0.1, 0.15) is 18.1 Å². The zero-order chi connectivity index (χ0) is 32.3. The van der Waals surface area contributed by atoms with Crippen LogP contribution in [0.5, 0.6) is 0 Å². The van der Waals surface area contributed by atoms with E-state index in [-0.39, 0.29) is 25.7 Å². The molecule has 0 aliphatic heterocycles. The van der Waals surface area contributed by atoms with E-state index in [0.717, 1.165) is 16.5 Å². The predicted molar refractivity (Wildman–Crippen MR) is 163 cm³/mol. The number of rotatable bonds is 16. The number of aromatic amines is 2. The maximum absolute atomic E-state index is 13.8. The lowest BCUT2D eigenvalue weighted by molar-refractivity contribution is -0.143. The first-order valence-corrected chi connectivity index (χ1v) is 14.3. The second-order valence-corrected chi connectivity index (χ2v) is 10.6. The van der Waals surface area contributed by atoms with Crippen molar-refractivity contribution in [1.29, 1.82) is 0 Å². The van der Waals surface area contributed by atoms with Gasteiger partial charge in [-0.25, -0.2) is 9.78 Å². The molecule has 45 heavy (non-hydrogen) atoms. The maximum atomic E-state index is 13.8. The molecule has 236 valence electrons. The van der Waals surface area contributed by atoms with Gasteiger partial charge in [-0.1, -0.05) is 48.5 Å². The molecule has 9 N–H and O–H groups in total. The summed E-state index contributed by atoms with van der Waals surface area (Å²) in [5.74, 6) is -4.75. The van der Waals surface area contributed by atoms with Crippen LogP contribution in [0.3, 0.4) is 0 Å². The van der Waals surface area contributed by atoms with E-state index in [4.69, 9.17) is 10.8 Å². The van der Waals surface area contributed by atoms with Crippen LogP contribution in [0, 0.1) is 0 Å². The number of aliphatic carboxylic acids is 2. The van der Waals surface area contributed by atoms with E-state index in [9.17, 15) is 29.1 Å². The van der Waals surface area contributed by atoms with Crippen LogP contribution in [-0.2, 0) is 43.2 Å². The number of nitrogens with two attached hydrogens (primary N) is 1. The average Bonchev–Trinajstić information content (AvgIpc) is 3.68. The number of H-pyrrole nitrogens is 2. The number of benzene rings is 2. The zero-order valence-electron chi connectivity index (χ0n) is 24.2. The predicted octanol–water partition coefficient (Wildman–Crippen LogP) is 0.650. The third-order valence-corrected chi connectivity index (χ3v) is 7.24. The summed E-state index contributed by atoms with van der Waals surface area (Å²) in [7, 11) is 0. The van der Waals surface area contributed by atoms with Gasteiger partial charge >= 0.3 is 11.9 Å². The molecule has 0 bridgehead atoms. The van der Waals surface area contributed by atoms with Gasteiger partial charge in [-0.15, -0.1) is 0 Å². The second-order valence-electron chi connectivity index (χ2n) is 10.6. The Morgan fingerprint density at radius 3 is 2.09 bits per heavy atom. The molecule has 14 nitrogen and oxygen atoms in total. The molecule has 4 rings (SSSR count). The number of carboxylic acid groups (broad SMARTS) is 2. The normalized spacial score (nSPS) is 13.7. The van der Waals surface area contributed by atoms with Crippen molar-refractivity contribution in [3.63, 3.8) is 0 Å². The van der Waals surface area contributed by atoms with E-state index in [1.165, 1.54) is 12.5 Å². The summed E-state index contributed by atoms with van der Waals surface area (Å²) in [5, 5.41) is 27.2. The topological polar surface area (TPSA) is 232 Å². The van der Waals surface area contributed by atoms with Gasteiger partial charge in [-0.3, -0.25) is 19.2 Å². The summed E-state index contributed by atoms with van der Waals surface area (Å²) in [6, 6.07) is 11.3. The lowest BCUT2D eigenvalue weighted by Gasteiger charge is -2.25. The molecule has 0 radical (unpaired) electrons. The Morgan fingerprint density at radius 2 is 1.42 bits per heavy atom. The van der Waals surface area contributed by atoms with Crippen molar-refractivity contribution in [3.05, 3.63) is 90.1 Å². The number of hydrogen-bond donors (Lipinski definition) is 8.